The minimum Gasteiger partial charge on any atom is -0.372 e. The molecule has 0 radical (unpaired) electrons. The molecule has 0 unspecified atom stereocenters. The van der Waals surface area contributed by atoms with Crippen LogP contribution in [0.4, 0.5) is 4.79 Å². The highest BCUT2D eigenvalue weighted by Crippen LogP contribution is 2.27. The Kier molecular flexibility index (Phi) is 4.97. The summed E-state index contributed by atoms with van der Waals surface area (Å²) in [6.07, 6.45) is 5.17. The number of nitrogens with one attached hydrogen (secondary N) is 2. The fourth-order valence-corrected chi connectivity index (χ4v) is 3.58. The van der Waals surface area contributed by atoms with Crippen LogP contribution in [-0.2, 0) is 11.8 Å². The van der Waals surface area contributed by atoms with Crippen LogP contribution in [0.1, 0.15) is 42.5 Å². The number of imidazole rings is 1. The molecule has 1 aliphatic heterocycles. The van der Waals surface area contributed by atoms with Gasteiger partial charge in [-0.15, -0.1) is 11.3 Å². The number of hydrogen-bond donors (Lipinski definition) is 2. The van der Waals surface area contributed by atoms with Gasteiger partial charge in [0.2, 0.25) is 0 Å². The Balaban J connectivity index is 1.53. The molecular formula is C16H22N4O2S. The average molecular weight is 334 g/mol. The maximum absolute atomic E-state index is 12.2. The quantitative estimate of drug-likeness (QED) is 0.903. The number of hydrogen-bond acceptors (Lipinski definition) is 4. The van der Waals surface area contributed by atoms with Gasteiger partial charge in [0, 0.05) is 24.6 Å². The molecule has 2 aromatic rings. The van der Waals surface area contributed by atoms with E-state index in [1.807, 2.05) is 42.2 Å². The second-order valence-electron chi connectivity index (χ2n) is 5.87. The molecular weight excluding hydrogens is 312 g/mol. The van der Waals surface area contributed by atoms with Crippen LogP contribution >= 0.6 is 11.3 Å². The number of aryl methyl sites for hydroxylation is 1. The van der Waals surface area contributed by atoms with Gasteiger partial charge < -0.3 is 19.9 Å². The number of nitrogens with zero attached hydrogens (tertiary/aromatic N) is 2. The first-order valence-electron chi connectivity index (χ1n) is 7.81. The zero-order valence-electron chi connectivity index (χ0n) is 13.4. The summed E-state index contributed by atoms with van der Waals surface area (Å²) in [6, 6.07) is 4.03. The monoisotopic (exact) mass is 334 g/mol. The summed E-state index contributed by atoms with van der Waals surface area (Å²) in [7, 11) is 1.96. The molecule has 0 aliphatic carbocycles. The second kappa shape index (κ2) is 7.14. The molecule has 3 atom stereocenters. The topological polar surface area (TPSA) is 68.2 Å². The van der Waals surface area contributed by atoms with Crippen molar-refractivity contribution in [3.63, 3.8) is 0 Å². The molecule has 7 heteroatoms. The Morgan fingerprint density at radius 3 is 3.13 bits per heavy atom. The van der Waals surface area contributed by atoms with Crippen molar-refractivity contribution in [2.45, 2.75) is 38.0 Å². The number of ether oxygens (including phenoxy) is 1. The van der Waals surface area contributed by atoms with Crippen LogP contribution in [0.15, 0.2) is 30.0 Å². The molecule has 1 fully saturated rings. The molecule has 3 rings (SSSR count). The van der Waals surface area contributed by atoms with E-state index in [0.29, 0.717) is 6.61 Å². The normalized spacial score (nSPS) is 22.5. The van der Waals surface area contributed by atoms with E-state index in [1.165, 1.54) is 0 Å². The Morgan fingerprint density at radius 2 is 2.43 bits per heavy atom. The van der Waals surface area contributed by atoms with Crippen molar-refractivity contribution in [3.05, 3.63) is 40.6 Å². The summed E-state index contributed by atoms with van der Waals surface area (Å²) in [4.78, 5) is 17.5. The average Bonchev–Trinajstić information content (AvgIpc) is 3.18. The maximum atomic E-state index is 12.2. The first kappa shape index (κ1) is 16.0. The molecule has 2 aromatic heterocycles. The summed E-state index contributed by atoms with van der Waals surface area (Å²) >= 11 is 1.65. The third-order valence-corrected chi connectivity index (χ3v) is 5.18. The fraction of sp³-hybridized carbons (Fsp3) is 0.500. The van der Waals surface area contributed by atoms with Crippen LogP contribution in [0.3, 0.4) is 0 Å². The molecule has 1 saturated heterocycles. The van der Waals surface area contributed by atoms with Gasteiger partial charge in [0.15, 0.2) is 0 Å². The molecule has 23 heavy (non-hydrogen) atoms. The Morgan fingerprint density at radius 1 is 1.57 bits per heavy atom. The standard InChI is InChI=1S/C16H22N4O2S/c1-11(15-4-3-7-23-15)18-16(21)19-12-5-6-22-14(8-12)13-9-17-10-20(13)2/h3-4,7,9-12,14H,5-6,8H2,1-2H3,(H2,18,19,21)/t11-,12-,14-/m0/s1. The number of rotatable bonds is 4. The Bertz CT molecular complexity index is 640. The van der Waals surface area contributed by atoms with E-state index < -0.39 is 0 Å². The van der Waals surface area contributed by atoms with Crippen LogP contribution in [0.2, 0.25) is 0 Å². The Labute approximate surface area is 139 Å². The third-order valence-electron chi connectivity index (χ3n) is 4.12. The molecule has 0 saturated carbocycles. The smallest absolute Gasteiger partial charge is 0.315 e. The number of amides is 2. The lowest BCUT2D eigenvalue weighted by atomic mass is 10.0. The lowest BCUT2D eigenvalue weighted by Crippen LogP contribution is -2.45. The minimum atomic E-state index is -0.124. The lowest BCUT2D eigenvalue weighted by Gasteiger charge is -2.30. The summed E-state index contributed by atoms with van der Waals surface area (Å²) in [6.45, 7) is 2.63. The molecule has 1 aliphatic rings. The zero-order valence-corrected chi connectivity index (χ0v) is 14.2. The van der Waals surface area contributed by atoms with Crippen LogP contribution in [0.25, 0.3) is 0 Å². The number of thiophene rings is 1. The van der Waals surface area contributed by atoms with E-state index in [4.69, 9.17) is 4.74 Å². The highest BCUT2D eigenvalue weighted by molar-refractivity contribution is 7.10. The van der Waals surface area contributed by atoms with Gasteiger partial charge in [-0.1, -0.05) is 6.07 Å². The first-order valence-corrected chi connectivity index (χ1v) is 8.69. The van der Waals surface area contributed by atoms with Crippen LogP contribution < -0.4 is 10.6 Å². The van der Waals surface area contributed by atoms with Gasteiger partial charge in [0.25, 0.3) is 0 Å². The molecule has 0 aromatic carbocycles. The van der Waals surface area contributed by atoms with Crippen molar-refractivity contribution >= 4 is 17.4 Å². The summed E-state index contributed by atoms with van der Waals surface area (Å²) in [5, 5.41) is 8.08. The lowest BCUT2D eigenvalue weighted by molar-refractivity contribution is -0.00181. The van der Waals surface area contributed by atoms with Gasteiger partial charge in [0.05, 0.1) is 24.3 Å². The van der Waals surface area contributed by atoms with E-state index in [0.717, 1.165) is 23.4 Å². The second-order valence-corrected chi connectivity index (χ2v) is 6.84. The summed E-state index contributed by atoms with van der Waals surface area (Å²) in [5.74, 6) is 0. The van der Waals surface area contributed by atoms with Crippen LogP contribution in [0.5, 0.6) is 0 Å². The number of carbonyl (C=O) groups is 1. The molecule has 3 heterocycles. The molecule has 2 amide bonds. The summed E-state index contributed by atoms with van der Waals surface area (Å²) < 4.78 is 7.79. The molecule has 0 spiro atoms. The van der Waals surface area contributed by atoms with E-state index in [1.54, 1.807) is 17.7 Å². The van der Waals surface area contributed by atoms with Gasteiger partial charge in [-0.2, -0.15) is 0 Å². The van der Waals surface area contributed by atoms with Crippen molar-refractivity contribution in [2.24, 2.45) is 7.05 Å². The number of carbonyl (C=O) groups excluding carboxylic acids is 1. The fourth-order valence-electron chi connectivity index (χ4n) is 2.84. The van der Waals surface area contributed by atoms with Gasteiger partial charge >= 0.3 is 6.03 Å². The predicted molar refractivity (Wildman–Crippen MR) is 89.3 cm³/mol. The van der Waals surface area contributed by atoms with Crippen LogP contribution in [0, 0.1) is 0 Å². The van der Waals surface area contributed by atoms with Gasteiger partial charge in [-0.3, -0.25) is 0 Å². The largest absolute Gasteiger partial charge is 0.372 e. The molecule has 124 valence electrons. The van der Waals surface area contributed by atoms with Crippen molar-refractivity contribution < 1.29 is 9.53 Å². The highest BCUT2D eigenvalue weighted by atomic mass is 32.1. The minimum absolute atomic E-state index is 0.0164. The molecule has 2 N–H and O–H groups in total. The van der Waals surface area contributed by atoms with Crippen molar-refractivity contribution in [1.82, 2.24) is 20.2 Å². The number of aromatic nitrogens is 2. The zero-order chi connectivity index (χ0) is 16.2. The predicted octanol–water partition coefficient (Wildman–Crippen LogP) is 2.76. The highest BCUT2D eigenvalue weighted by Gasteiger charge is 2.27. The SMILES string of the molecule is C[C@H](NC(=O)N[C@H]1CCO[C@H](c2cncn2C)C1)c1cccs1. The van der Waals surface area contributed by atoms with Gasteiger partial charge in [-0.25, -0.2) is 9.78 Å². The van der Waals surface area contributed by atoms with E-state index in [2.05, 4.69) is 15.6 Å². The first-order chi connectivity index (χ1) is 11.1. The third kappa shape index (κ3) is 3.92. The van der Waals surface area contributed by atoms with Crippen molar-refractivity contribution in [2.75, 3.05) is 6.61 Å². The van der Waals surface area contributed by atoms with E-state index in [9.17, 15) is 4.79 Å². The maximum Gasteiger partial charge on any atom is 0.315 e. The molecule has 0 bridgehead atoms. The van der Waals surface area contributed by atoms with Gasteiger partial charge in [-0.05, 0) is 31.2 Å². The van der Waals surface area contributed by atoms with Crippen LogP contribution in [-0.4, -0.2) is 28.2 Å². The number of urea groups is 1. The van der Waals surface area contributed by atoms with Crippen molar-refractivity contribution in [1.29, 1.82) is 0 Å². The van der Waals surface area contributed by atoms with Gasteiger partial charge in [0.1, 0.15) is 6.10 Å². The van der Waals surface area contributed by atoms with Crippen molar-refractivity contribution in [3.8, 4) is 0 Å². The summed E-state index contributed by atoms with van der Waals surface area (Å²) in [5.41, 5.74) is 1.05. The molecule has 6 nitrogen and oxygen atoms in total. The Hall–Kier alpha value is -1.86. The van der Waals surface area contributed by atoms with E-state index in [-0.39, 0.29) is 24.2 Å². The van der Waals surface area contributed by atoms with E-state index >= 15 is 0 Å².